The highest BCUT2D eigenvalue weighted by Crippen LogP contribution is 2.33. The van der Waals surface area contributed by atoms with E-state index in [1.807, 2.05) is 66.8 Å². The third-order valence-corrected chi connectivity index (χ3v) is 4.86. The molecule has 1 aliphatic rings. The molecule has 6 heteroatoms. The molecule has 0 aromatic heterocycles. The highest BCUT2D eigenvalue weighted by atomic mass is 16.7. The topological polar surface area (TPSA) is 65.1 Å². The number of nitrogens with zero attached hydrogens (tertiary/aromatic N) is 1. The number of benzene rings is 1. The first-order valence-electron chi connectivity index (χ1n) is 9.70. The fourth-order valence-electron chi connectivity index (χ4n) is 2.85. The maximum Gasteiger partial charge on any atom is 0.311 e. The molecule has 6 nitrogen and oxygen atoms in total. The zero-order valence-electron chi connectivity index (χ0n) is 18.1. The summed E-state index contributed by atoms with van der Waals surface area (Å²) in [6.07, 6.45) is 1.03. The van der Waals surface area contributed by atoms with Gasteiger partial charge in [0.05, 0.1) is 12.0 Å². The van der Waals surface area contributed by atoms with Gasteiger partial charge >= 0.3 is 5.97 Å². The molecule has 0 spiro atoms. The predicted molar refractivity (Wildman–Crippen MR) is 107 cm³/mol. The lowest BCUT2D eigenvalue weighted by molar-refractivity contribution is -0.157. The molecule has 0 saturated heterocycles. The van der Waals surface area contributed by atoms with Gasteiger partial charge in [0.1, 0.15) is 0 Å². The quantitative estimate of drug-likeness (QED) is 0.661. The van der Waals surface area contributed by atoms with Gasteiger partial charge in [0.25, 0.3) is 0 Å². The summed E-state index contributed by atoms with van der Waals surface area (Å²) in [5.74, 6) is 1.29. The molecule has 1 aromatic carbocycles. The summed E-state index contributed by atoms with van der Waals surface area (Å²) in [7, 11) is 1.82. The summed E-state index contributed by atoms with van der Waals surface area (Å²) in [6.45, 7) is 11.8. The van der Waals surface area contributed by atoms with Gasteiger partial charge in [-0.3, -0.25) is 9.59 Å². The van der Waals surface area contributed by atoms with Crippen molar-refractivity contribution in [2.24, 2.45) is 10.8 Å². The number of rotatable bonds is 7. The van der Waals surface area contributed by atoms with Crippen LogP contribution in [0.25, 0.3) is 0 Å². The number of amides is 1. The van der Waals surface area contributed by atoms with Gasteiger partial charge in [0.2, 0.25) is 12.7 Å². The van der Waals surface area contributed by atoms with E-state index < -0.39 is 10.8 Å². The van der Waals surface area contributed by atoms with Crippen LogP contribution in [0.4, 0.5) is 0 Å². The fraction of sp³-hybridized carbons (Fsp3) is 0.636. The summed E-state index contributed by atoms with van der Waals surface area (Å²) >= 11 is 0. The Morgan fingerprint density at radius 3 is 2.43 bits per heavy atom. The Labute approximate surface area is 168 Å². The second-order valence-corrected chi connectivity index (χ2v) is 9.41. The van der Waals surface area contributed by atoms with Crippen LogP contribution in [0.15, 0.2) is 18.2 Å². The van der Waals surface area contributed by atoms with Crippen molar-refractivity contribution < 1.29 is 23.8 Å². The van der Waals surface area contributed by atoms with Crippen molar-refractivity contribution >= 4 is 11.9 Å². The van der Waals surface area contributed by atoms with Crippen molar-refractivity contribution in [2.75, 3.05) is 20.4 Å². The molecule has 0 fully saturated rings. The van der Waals surface area contributed by atoms with E-state index in [4.69, 9.17) is 14.2 Å². The lowest BCUT2D eigenvalue weighted by atomic mass is 9.89. The Kier molecular flexibility index (Phi) is 6.63. The highest BCUT2D eigenvalue weighted by molar-refractivity contribution is 5.77. The third kappa shape index (κ3) is 5.88. The number of hydrogen-bond acceptors (Lipinski definition) is 5. The lowest BCUT2D eigenvalue weighted by Gasteiger charge is -2.31. The standard InChI is InChI=1S/C22H33NO5/c1-15(10-16-8-9-17-18(11-16)28-14-27-17)23(7)19(24)12-22(5,6)13-26-20(25)21(2,3)4/h8-9,11,15H,10,12-14H2,1-7H3. The maximum absolute atomic E-state index is 12.8. The maximum atomic E-state index is 12.8. The minimum atomic E-state index is -0.546. The van der Waals surface area contributed by atoms with Crippen LogP contribution in [-0.2, 0) is 20.7 Å². The average Bonchev–Trinajstić information content (AvgIpc) is 3.05. The summed E-state index contributed by atoms with van der Waals surface area (Å²) in [4.78, 5) is 26.5. The first kappa shape index (κ1) is 22.1. The molecule has 0 N–H and O–H groups in total. The Balaban J connectivity index is 1.89. The van der Waals surface area contributed by atoms with E-state index in [9.17, 15) is 9.59 Å². The third-order valence-electron chi connectivity index (χ3n) is 4.86. The molecule has 1 atom stereocenters. The minimum Gasteiger partial charge on any atom is -0.465 e. The van der Waals surface area contributed by atoms with Crippen LogP contribution in [-0.4, -0.2) is 43.3 Å². The van der Waals surface area contributed by atoms with Crippen LogP contribution >= 0.6 is 0 Å². The van der Waals surface area contributed by atoms with E-state index in [0.29, 0.717) is 6.42 Å². The molecule has 0 aliphatic carbocycles. The Morgan fingerprint density at radius 1 is 1.14 bits per heavy atom. The lowest BCUT2D eigenvalue weighted by Crippen LogP contribution is -2.40. The zero-order chi connectivity index (χ0) is 21.1. The molecule has 1 unspecified atom stereocenters. The van der Waals surface area contributed by atoms with Gasteiger partial charge in [0.15, 0.2) is 11.5 Å². The van der Waals surface area contributed by atoms with Crippen molar-refractivity contribution in [2.45, 2.75) is 60.4 Å². The smallest absolute Gasteiger partial charge is 0.311 e. The van der Waals surface area contributed by atoms with Gasteiger partial charge in [-0.25, -0.2) is 0 Å². The van der Waals surface area contributed by atoms with Gasteiger partial charge < -0.3 is 19.1 Å². The summed E-state index contributed by atoms with van der Waals surface area (Å²) in [5, 5.41) is 0. The summed E-state index contributed by atoms with van der Waals surface area (Å²) in [6, 6.07) is 5.89. The molecule has 28 heavy (non-hydrogen) atoms. The first-order chi connectivity index (χ1) is 12.9. The molecule has 2 rings (SSSR count). The first-order valence-corrected chi connectivity index (χ1v) is 9.70. The Bertz CT molecular complexity index is 720. The fourth-order valence-corrected chi connectivity index (χ4v) is 2.85. The monoisotopic (exact) mass is 391 g/mol. The summed E-state index contributed by atoms with van der Waals surface area (Å²) in [5.41, 5.74) is 0.121. The van der Waals surface area contributed by atoms with Crippen molar-refractivity contribution in [3.8, 4) is 11.5 Å². The molecule has 156 valence electrons. The molecule has 1 aliphatic heterocycles. The normalized spacial score (nSPS) is 14.5. The van der Waals surface area contributed by atoms with Gasteiger partial charge in [-0.1, -0.05) is 19.9 Å². The van der Waals surface area contributed by atoms with Crippen molar-refractivity contribution in [3.63, 3.8) is 0 Å². The Hall–Kier alpha value is -2.24. The summed E-state index contributed by atoms with van der Waals surface area (Å²) < 4.78 is 16.2. The molecule has 1 heterocycles. The van der Waals surface area contributed by atoms with E-state index in [2.05, 4.69) is 0 Å². The molecule has 1 amide bonds. The van der Waals surface area contributed by atoms with Gasteiger partial charge in [-0.15, -0.1) is 0 Å². The molecule has 0 radical (unpaired) electrons. The highest BCUT2D eigenvalue weighted by Gasteiger charge is 2.30. The van der Waals surface area contributed by atoms with Crippen molar-refractivity contribution in [3.05, 3.63) is 23.8 Å². The van der Waals surface area contributed by atoms with Crippen LogP contribution < -0.4 is 9.47 Å². The van der Waals surface area contributed by atoms with Crippen LogP contribution in [0.1, 0.15) is 53.5 Å². The van der Waals surface area contributed by atoms with Crippen molar-refractivity contribution in [1.29, 1.82) is 0 Å². The van der Waals surface area contributed by atoms with Crippen LogP contribution in [0.5, 0.6) is 11.5 Å². The van der Waals surface area contributed by atoms with E-state index in [-0.39, 0.29) is 31.3 Å². The molecule has 0 bridgehead atoms. The van der Waals surface area contributed by atoms with Crippen LogP contribution in [0, 0.1) is 10.8 Å². The SMILES string of the molecule is CC(Cc1ccc2c(c1)OCO2)N(C)C(=O)CC(C)(C)COC(=O)C(C)(C)C. The molecular formula is C22H33NO5. The van der Waals surface area contributed by atoms with E-state index in [1.165, 1.54) is 0 Å². The second-order valence-electron chi connectivity index (χ2n) is 9.41. The van der Waals surface area contributed by atoms with Crippen LogP contribution in [0.3, 0.4) is 0 Å². The average molecular weight is 392 g/mol. The van der Waals surface area contributed by atoms with E-state index in [1.54, 1.807) is 4.90 Å². The molecule has 0 saturated carbocycles. The van der Waals surface area contributed by atoms with Gasteiger partial charge in [0, 0.05) is 24.9 Å². The largest absolute Gasteiger partial charge is 0.465 e. The number of esters is 1. The minimum absolute atomic E-state index is 0.0285. The van der Waals surface area contributed by atoms with E-state index in [0.717, 1.165) is 23.5 Å². The van der Waals surface area contributed by atoms with Gasteiger partial charge in [-0.2, -0.15) is 0 Å². The Morgan fingerprint density at radius 2 is 1.79 bits per heavy atom. The van der Waals surface area contributed by atoms with E-state index >= 15 is 0 Å². The number of carbonyl (C=O) groups is 2. The number of hydrogen-bond donors (Lipinski definition) is 0. The number of likely N-dealkylation sites (N-methyl/N-ethyl adjacent to an activating group) is 1. The number of ether oxygens (including phenoxy) is 3. The number of carbonyl (C=O) groups excluding carboxylic acids is 2. The molecular weight excluding hydrogens is 358 g/mol. The van der Waals surface area contributed by atoms with Crippen molar-refractivity contribution in [1.82, 2.24) is 4.90 Å². The zero-order valence-corrected chi connectivity index (χ0v) is 18.1. The second kappa shape index (κ2) is 8.41. The molecule has 1 aromatic rings. The van der Waals surface area contributed by atoms with Crippen LogP contribution in [0.2, 0.25) is 0 Å². The number of fused-ring (bicyclic) bond motifs is 1. The van der Waals surface area contributed by atoms with Gasteiger partial charge in [-0.05, 0) is 51.8 Å². The predicted octanol–water partition coefficient (Wildman–Crippen LogP) is 3.81.